The van der Waals surface area contributed by atoms with Crippen molar-refractivity contribution in [3.63, 3.8) is 0 Å². The second kappa shape index (κ2) is 14.5. The van der Waals surface area contributed by atoms with E-state index in [1.54, 1.807) is 0 Å². The Hall–Kier alpha value is -3.27. The highest BCUT2D eigenvalue weighted by atomic mass is 32.2. The van der Waals surface area contributed by atoms with E-state index in [0.29, 0.717) is 6.54 Å². The molecule has 3 amide bonds. The summed E-state index contributed by atoms with van der Waals surface area (Å²) in [5.74, 6) is -0.706. The third kappa shape index (κ3) is 8.22. The number of hydrogen-bond donors (Lipinski definition) is 3. The molecule has 228 valence electrons. The van der Waals surface area contributed by atoms with E-state index in [1.165, 1.54) is 28.4 Å². The highest BCUT2D eigenvalue weighted by Gasteiger charge is 2.49. The van der Waals surface area contributed by atoms with Crippen LogP contribution < -0.4 is 10.6 Å². The molecule has 1 fully saturated rings. The minimum Gasteiger partial charge on any atom is -0.381 e. The lowest BCUT2D eigenvalue weighted by Gasteiger charge is -2.33. The number of thioether (sulfide) groups is 2. The molecule has 1 aliphatic rings. The van der Waals surface area contributed by atoms with E-state index in [1.807, 2.05) is 107 Å². The maximum atomic E-state index is 13.9. The van der Waals surface area contributed by atoms with Crippen molar-refractivity contribution in [2.24, 2.45) is 0 Å². The van der Waals surface area contributed by atoms with Gasteiger partial charge in [0, 0.05) is 16.2 Å². The van der Waals surface area contributed by atoms with Gasteiger partial charge in [0.25, 0.3) is 5.91 Å². The zero-order valence-electron chi connectivity index (χ0n) is 25.4. The van der Waals surface area contributed by atoms with Gasteiger partial charge in [0.1, 0.15) is 6.04 Å². The van der Waals surface area contributed by atoms with Gasteiger partial charge in [-0.1, -0.05) is 72.8 Å². The van der Waals surface area contributed by atoms with E-state index >= 15 is 0 Å². The molecule has 3 N–H and O–H groups in total. The molecule has 0 spiro atoms. The Labute approximate surface area is 263 Å². The van der Waals surface area contributed by atoms with E-state index in [-0.39, 0.29) is 29.9 Å². The van der Waals surface area contributed by atoms with Crippen LogP contribution in [0, 0.1) is 20.8 Å². The minimum atomic E-state index is -1.53. The fourth-order valence-electron chi connectivity index (χ4n) is 5.36. The normalized spacial score (nSPS) is 17.3. The number of benzene rings is 3. The van der Waals surface area contributed by atoms with Crippen molar-refractivity contribution in [2.75, 3.05) is 11.6 Å². The van der Waals surface area contributed by atoms with E-state index in [2.05, 4.69) is 10.6 Å². The average Bonchev–Trinajstić information content (AvgIpc) is 3.30. The first kappa shape index (κ1) is 32.6. The second-order valence-corrected chi connectivity index (χ2v) is 14.1. The van der Waals surface area contributed by atoms with Crippen molar-refractivity contribution in [2.45, 2.75) is 75.4 Å². The Balaban J connectivity index is 1.49. The molecule has 0 aliphatic carbocycles. The van der Waals surface area contributed by atoms with Crippen molar-refractivity contribution >= 4 is 41.2 Å². The molecule has 3 atom stereocenters. The topological polar surface area (TPSA) is 98.7 Å². The molecule has 0 bridgehead atoms. The molecule has 7 nitrogen and oxygen atoms in total. The number of nitrogens with one attached hydrogen (secondary N) is 2. The lowest BCUT2D eigenvalue weighted by molar-refractivity contribution is -0.147. The van der Waals surface area contributed by atoms with Crippen LogP contribution in [0.4, 0.5) is 0 Å². The summed E-state index contributed by atoms with van der Waals surface area (Å²) in [5.41, 5.74) is 5.14. The first-order valence-electron chi connectivity index (χ1n) is 14.4. The number of carbonyl (C=O) groups excluding carboxylic acids is 3. The maximum absolute atomic E-state index is 13.9. The Morgan fingerprint density at radius 2 is 1.58 bits per heavy atom. The summed E-state index contributed by atoms with van der Waals surface area (Å²) in [6, 6.07) is 21.7. The lowest BCUT2D eigenvalue weighted by Crippen LogP contribution is -2.58. The van der Waals surface area contributed by atoms with E-state index in [0.717, 1.165) is 32.7 Å². The zero-order valence-corrected chi connectivity index (χ0v) is 27.1. The van der Waals surface area contributed by atoms with Crippen LogP contribution in [0.2, 0.25) is 0 Å². The van der Waals surface area contributed by atoms with E-state index in [9.17, 15) is 19.5 Å². The number of rotatable bonds is 11. The quantitative estimate of drug-likeness (QED) is 0.267. The summed E-state index contributed by atoms with van der Waals surface area (Å²) >= 11 is 2.93. The Bertz CT molecular complexity index is 1430. The molecule has 1 aliphatic heterocycles. The molecule has 1 saturated heterocycles. The molecule has 3 aromatic carbocycles. The smallest absolute Gasteiger partial charge is 0.254 e. The third-order valence-electron chi connectivity index (χ3n) is 7.83. The van der Waals surface area contributed by atoms with Crippen molar-refractivity contribution < 1.29 is 19.5 Å². The third-order valence-corrected chi connectivity index (χ3v) is 10.5. The molecular formula is C34H41N3O4S2. The molecule has 0 radical (unpaired) electrons. The van der Waals surface area contributed by atoms with Crippen LogP contribution in [0.1, 0.15) is 41.7 Å². The number of amides is 3. The van der Waals surface area contributed by atoms with Gasteiger partial charge in [-0.3, -0.25) is 14.4 Å². The molecule has 1 heterocycles. The number of hydrogen-bond acceptors (Lipinski definition) is 6. The molecule has 0 saturated carbocycles. The molecule has 4 rings (SSSR count). The second-order valence-electron chi connectivity index (χ2n) is 11.5. The van der Waals surface area contributed by atoms with Crippen LogP contribution in [0.5, 0.6) is 0 Å². The Morgan fingerprint density at radius 3 is 2.26 bits per heavy atom. The van der Waals surface area contributed by atoms with Gasteiger partial charge in [0.05, 0.1) is 17.7 Å². The molecule has 43 heavy (non-hydrogen) atoms. The van der Waals surface area contributed by atoms with Gasteiger partial charge in [-0.15, -0.1) is 23.5 Å². The highest BCUT2D eigenvalue weighted by Crippen LogP contribution is 2.40. The summed E-state index contributed by atoms with van der Waals surface area (Å²) in [4.78, 5) is 43.1. The van der Waals surface area contributed by atoms with Gasteiger partial charge in [0.2, 0.25) is 11.8 Å². The van der Waals surface area contributed by atoms with Crippen molar-refractivity contribution in [1.82, 2.24) is 15.5 Å². The first-order valence-corrected chi connectivity index (χ1v) is 16.4. The van der Waals surface area contributed by atoms with Gasteiger partial charge < -0.3 is 20.6 Å². The average molecular weight is 620 g/mol. The summed E-state index contributed by atoms with van der Waals surface area (Å²) in [6.45, 7) is 10.2. The standard InChI is InChI=1S/C34H41N3O4S2/c1-22-12-9-10-17-26(22)19-35-32(40)31-34(4,5)43-21-37(31)33(41)29(39)27(18-25-15-7-6-8-16-25)36-28(38)20-42-30-23(2)13-11-14-24(30)3/h6-17,27,29,31,39H,18-21H2,1-5H3,(H,35,40)(H,36,38)/t27-,29-,31+/m0/s1. The summed E-state index contributed by atoms with van der Waals surface area (Å²) in [7, 11) is 0. The maximum Gasteiger partial charge on any atom is 0.254 e. The fraction of sp³-hybridized carbons (Fsp3) is 0.382. The molecule has 3 aromatic rings. The van der Waals surface area contributed by atoms with Gasteiger partial charge in [-0.25, -0.2) is 0 Å². The minimum absolute atomic E-state index is 0.147. The fourth-order valence-corrected chi connectivity index (χ4v) is 7.46. The van der Waals surface area contributed by atoms with Crippen molar-refractivity contribution in [1.29, 1.82) is 0 Å². The van der Waals surface area contributed by atoms with Crippen LogP contribution in [-0.4, -0.2) is 62.3 Å². The monoisotopic (exact) mass is 619 g/mol. The van der Waals surface area contributed by atoms with Crippen LogP contribution >= 0.6 is 23.5 Å². The van der Waals surface area contributed by atoms with Gasteiger partial charge in [-0.2, -0.15) is 0 Å². The van der Waals surface area contributed by atoms with Crippen LogP contribution in [0.25, 0.3) is 0 Å². The van der Waals surface area contributed by atoms with Gasteiger partial charge in [0.15, 0.2) is 6.10 Å². The molecule has 9 heteroatoms. The van der Waals surface area contributed by atoms with Gasteiger partial charge >= 0.3 is 0 Å². The number of aryl methyl sites for hydroxylation is 3. The number of carbonyl (C=O) groups is 3. The largest absolute Gasteiger partial charge is 0.381 e. The predicted molar refractivity (Wildman–Crippen MR) is 175 cm³/mol. The van der Waals surface area contributed by atoms with Gasteiger partial charge in [-0.05, 0) is 68.9 Å². The van der Waals surface area contributed by atoms with Crippen LogP contribution in [0.3, 0.4) is 0 Å². The van der Waals surface area contributed by atoms with E-state index < -0.39 is 28.8 Å². The number of aliphatic hydroxyl groups is 1. The van der Waals surface area contributed by atoms with Crippen LogP contribution in [0.15, 0.2) is 77.7 Å². The summed E-state index contributed by atoms with van der Waals surface area (Å²) in [6.07, 6.45) is -1.27. The predicted octanol–water partition coefficient (Wildman–Crippen LogP) is 4.79. The van der Waals surface area contributed by atoms with E-state index in [4.69, 9.17) is 0 Å². The Morgan fingerprint density at radius 1 is 0.953 bits per heavy atom. The lowest BCUT2D eigenvalue weighted by atomic mass is 9.97. The first-order chi connectivity index (χ1) is 20.5. The summed E-state index contributed by atoms with van der Waals surface area (Å²) < 4.78 is -0.564. The Kier molecular flexibility index (Phi) is 11.0. The summed E-state index contributed by atoms with van der Waals surface area (Å²) in [5, 5.41) is 17.4. The SMILES string of the molecule is Cc1ccccc1CNC(=O)[C@H]1N(C(=O)[C@@H](O)[C@H](Cc2ccccc2)NC(=O)CSc2c(C)cccc2C)CSC1(C)C. The van der Waals surface area contributed by atoms with Crippen molar-refractivity contribution in [3.05, 3.63) is 101 Å². The molecule has 0 unspecified atom stereocenters. The molecular weight excluding hydrogens is 579 g/mol. The number of nitrogens with zero attached hydrogens (tertiary/aromatic N) is 1. The zero-order chi connectivity index (χ0) is 31.1. The number of aliphatic hydroxyl groups excluding tert-OH is 1. The highest BCUT2D eigenvalue weighted by molar-refractivity contribution is 8.01. The molecule has 0 aromatic heterocycles. The van der Waals surface area contributed by atoms with Crippen LogP contribution in [-0.2, 0) is 27.3 Å². The van der Waals surface area contributed by atoms with Crippen molar-refractivity contribution in [3.8, 4) is 0 Å².